The van der Waals surface area contributed by atoms with Crippen molar-refractivity contribution in [2.75, 3.05) is 0 Å². The van der Waals surface area contributed by atoms with Crippen molar-refractivity contribution >= 4 is 11.5 Å². The molecule has 1 unspecified atom stereocenters. The fourth-order valence-electron chi connectivity index (χ4n) is 3.19. The van der Waals surface area contributed by atoms with E-state index in [1.54, 1.807) is 59.7 Å². The van der Waals surface area contributed by atoms with Crippen molar-refractivity contribution < 1.29 is 13.2 Å². The van der Waals surface area contributed by atoms with Crippen LogP contribution in [0.1, 0.15) is 11.1 Å². The predicted molar refractivity (Wildman–Crippen MR) is 96.1 cm³/mol. The Kier molecular flexibility index (Phi) is 3.80. The molecule has 0 aromatic heterocycles. The molecule has 0 N–H and O–H groups in total. The zero-order valence-electron chi connectivity index (χ0n) is 13.7. The molecule has 1 atom stereocenters. The number of hydrogen-bond donors (Lipinski definition) is 0. The summed E-state index contributed by atoms with van der Waals surface area (Å²) < 4.78 is 43.0. The Morgan fingerprint density at radius 2 is 1.50 bits per heavy atom. The smallest absolute Gasteiger partial charge is 0.302 e. The zero-order chi connectivity index (χ0) is 18.2. The van der Waals surface area contributed by atoms with Gasteiger partial charge >= 0.3 is 6.18 Å². The third kappa shape index (κ3) is 2.56. The zero-order valence-corrected chi connectivity index (χ0v) is 13.7. The minimum absolute atomic E-state index is 0.0936. The Hall–Kier alpha value is -3.08. The highest BCUT2D eigenvalue weighted by molar-refractivity contribution is 6.02. The molecule has 0 fully saturated rings. The molecule has 0 radical (unpaired) electrons. The lowest BCUT2D eigenvalue weighted by Crippen LogP contribution is -2.45. The molecule has 2 aromatic carbocycles. The van der Waals surface area contributed by atoms with E-state index in [4.69, 9.17) is 0 Å². The Balaban J connectivity index is 2.00. The molecule has 0 amide bonds. The van der Waals surface area contributed by atoms with Gasteiger partial charge in [-0.15, -0.1) is 0 Å². The first-order chi connectivity index (χ1) is 12.5. The number of nitrogens with zero attached hydrogens (tertiary/aromatic N) is 2. The van der Waals surface area contributed by atoms with Crippen LogP contribution in [0.25, 0.3) is 5.70 Å². The van der Waals surface area contributed by atoms with E-state index < -0.39 is 11.7 Å². The van der Waals surface area contributed by atoms with Crippen LogP contribution in [-0.2, 0) is 5.54 Å². The van der Waals surface area contributed by atoms with Crippen LogP contribution in [0.5, 0.6) is 0 Å². The standard InChI is InChI=1S/C21H15F3N2/c22-21(23,24)20(17-11-5-2-6-12-17)15-18(16-9-3-1-4-10-16)26-14-8-7-13-19(26)25-20/h1-15H. The summed E-state index contributed by atoms with van der Waals surface area (Å²) in [6, 6.07) is 16.9. The van der Waals surface area contributed by atoms with Crippen LogP contribution in [0, 0.1) is 0 Å². The summed E-state index contributed by atoms with van der Waals surface area (Å²) in [5, 5.41) is 0. The van der Waals surface area contributed by atoms with Gasteiger partial charge in [0.05, 0.1) is 5.70 Å². The van der Waals surface area contributed by atoms with Gasteiger partial charge in [0.1, 0.15) is 5.84 Å². The Morgan fingerprint density at radius 3 is 2.15 bits per heavy atom. The van der Waals surface area contributed by atoms with Gasteiger partial charge in [0.25, 0.3) is 0 Å². The maximum atomic E-state index is 14.3. The highest BCUT2D eigenvalue weighted by Crippen LogP contribution is 2.48. The lowest BCUT2D eigenvalue weighted by Gasteiger charge is -2.39. The summed E-state index contributed by atoms with van der Waals surface area (Å²) in [6.45, 7) is 0. The molecule has 2 aliphatic rings. The first kappa shape index (κ1) is 16.4. The maximum Gasteiger partial charge on any atom is 0.421 e. The van der Waals surface area contributed by atoms with Crippen LogP contribution in [0.3, 0.4) is 0 Å². The molecule has 26 heavy (non-hydrogen) atoms. The normalized spacial score (nSPS) is 21.9. The molecule has 4 rings (SSSR count). The lowest BCUT2D eigenvalue weighted by atomic mass is 9.86. The first-order valence-electron chi connectivity index (χ1n) is 8.16. The number of alkyl halides is 3. The summed E-state index contributed by atoms with van der Waals surface area (Å²) in [5.41, 5.74) is -1.18. The SMILES string of the molecule is FC(F)(F)C1(c2ccccc2)C=C(c2ccccc2)N2C=CC=CC2=N1. The van der Waals surface area contributed by atoms with Gasteiger partial charge in [-0.1, -0.05) is 66.7 Å². The molecule has 130 valence electrons. The molecule has 2 heterocycles. The average molecular weight is 352 g/mol. The van der Waals surface area contributed by atoms with Gasteiger partial charge in [-0.05, 0) is 29.4 Å². The van der Waals surface area contributed by atoms with Crippen LogP contribution >= 0.6 is 0 Å². The van der Waals surface area contributed by atoms with Crippen molar-refractivity contribution in [2.24, 2.45) is 4.99 Å². The van der Waals surface area contributed by atoms with E-state index in [-0.39, 0.29) is 11.4 Å². The molecule has 0 bridgehead atoms. The predicted octanol–water partition coefficient (Wildman–Crippen LogP) is 5.28. The Labute approximate surface area is 149 Å². The van der Waals surface area contributed by atoms with Crippen molar-refractivity contribution in [2.45, 2.75) is 11.7 Å². The number of rotatable bonds is 2. The fourth-order valence-corrected chi connectivity index (χ4v) is 3.19. The third-order valence-corrected chi connectivity index (χ3v) is 4.45. The molecule has 0 aliphatic carbocycles. The monoisotopic (exact) mass is 352 g/mol. The van der Waals surface area contributed by atoms with Crippen LogP contribution in [0.2, 0.25) is 0 Å². The number of amidine groups is 1. The Bertz CT molecular complexity index is 925. The van der Waals surface area contributed by atoms with Crippen LogP contribution in [-0.4, -0.2) is 16.9 Å². The second-order valence-corrected chi connectivity index (χ2v) is 6.07. The number of allylic oxidation sites excluding steroid dienone is 2. The number of halogens is 3. The number of aliphatic imine (C=N–C) groups is 1. The van der Waals surface area contributed by atoms with E-state index in [9.17, 15) is 13.2 Å². The van der Waals surface area contributed by atoms with Gasteiger partial charge in [0.2, 0.25) is 5.54 Å². The van der Waals surface area contributed by atoms with Gasteiger partial charge in [-0.3, -0.25) is 0 Å². The quantitative estimate of drug-likeness (QED) is 0.718. The van der Waals surface area contributed by atoms with Crippen molar-refractivity contribution in [3.63, 3.8) is 0 Å². The van der Waals surface area contributed by atoms with Crippen LogP contribution in [0.15, 0.2) is 96.2 Å². The summed E-state index contributed by atoms with van der Waals surface area (Å²) in [6.07, 6.45) is 3.42. The second kappa shape index (κ2) is 6.02. The lowest BCUT2D eigenvalue weighted by molar-refractivity contribution is -0.174. The van der Waals surface area contributed by atoms with E-state index in [1.807, 2.05) is 18.2 Å². The second-order valence-electron chi connectivity index (χ2n) is 6.07. The van der Waals surface area contributed by atoms with Gasteiger partial charge in [0, 0.05) is 6.20 Å². The summed E-state index contributed by atoms with van der Waals surface area (Å²) in [5.74, 6) is 0.259. The van der Waals surface area contributed by atoms with E-state index in [2.05, 4.69) is 4.99 Å². The molecule has 2 nitrogen and oxygen atoms in total. The van der Waals surface area contributed by atoms with Crippen molar-refractivity contribution in [3.05, 3.63) is 102 Å². The summed E-state index contributed by atoms with van der Waals surface area (Å²) in [7, 11) is 0. The largest absolute Gasteiger partial charge is 0.421 e. The molecular formula is C21H15F3N2. The third-order valence-electron chi connectivity index (χ3n) is 4.45. The number of benzene rings is 2. The topological polar surface area (TPSA) is 15.6 Å². The number of fused-ring (bicyclic) bond motifs is 1. The molecule has 5 heteroatoms. The molecular weight excluding hydrogens is 337 g/mol. The maximum absolute atomic E-state index is 14.3. The molecule has 0 saturated carbocycles. The van der Waals surface area contributed by atoms with Crippen molar-refractivity contribution in [1.29, 1.82) is 0 Å². The highest BCUT2D eigenvalue weighted by Gasteiger charge is 2.57. The minimum Gasteiger partial charge on any atom is -0.302 e. The molecule has 2 aliphatic heterocycles. The van der Waals surface area contributed by atoms with E-state index >= 15 is 0 Å². The fraction of sp³-hybridized carbons (Fsp3) is 0.0952. The van der Waals surface area contributed by atoms with Crippen molar-refractivity contribution in [1.82, 2.24) is 4.90 Å². The number of hydrogen-bond acceptors (Lipinski definition) is 2. The Morgan fingerprint density at radius 1 is 0.846 bits per heavy atom. The van der Waals surface area contributed by atoms with E-state index in [1.165, 1.54) is 18.2 Å². The molecule has 0 saturated heterocycles. The molecule has 2 aromatic rings. The average Bonchev–Trinajstić information content (AvgIpc) is 2.67. The van der Waals surface area contributed by atoms with E-state index in [0.29, 0.717) is 11.3 Å². The van der Waals surface area contributed by atoms with Gasteiger partial charge in [-0.25, -0.2) is 4.99 Å². The minimum atomic E-state index is -4.58. The van der Waals surface area contributed by atoms with E-state index in [0.717, 1.165) is 0 Å². The van der Waals surface area contributed by atoms with Gasteiger partial charge in [-0.2, -0.15) is 13.2 Å². The van der Waals surface area contributed by atoms with Crippen molar-refractivity contribution in [3.8, 4) is 0 Å². The van der Waals surface area contributed by atoms with Gasteiger partial charge in [0.15, 0.2) is 0 Å². The summed E-state index contributed by atoms with van der Waals surface area (Å²) >= 11 is 0. The molecule has 0 spiro atoms. The van der Waals surface area contributed by atoms with Crippen LogP contribution in [0.4, 0.5) is 13.2 Å². The summed E-state index contributed by atoms with van der Waals surface area (Å²) in [4.78, 5) is 5.84. The first-order valence-corrected chi connectivity index (χ1v) is 8.16. The van der Waals surface area contributed by atoms with Gasteiger partial charge < -0.3 is 4.90 Å². The highest BCUT2D eigenvalue weighted by atomic mass is 19.4. The van der Waals surface area contributed by atoms with Crippen LogP contribution < -0.4 is 0 Å².